The van der Waals surface area contributed by atoms with Crippen molar-refractivity contribution in [2.45, 2.75) is 32.6 Å². The SMILES string of the molecule is CCc1cnc2cccc(C(C)CN3CCN(CCc4ccc(O)c(O)c4)CC3)c2c1. The quantitative estimate of drug-likeness (QED) is 0.563. The van der Waals surface area contributed by atoms with Crippen molar-refractivity contribution in [3.63, 3.8) is 0 Å². The maximum atomic E-state index is 9.67. The molecule has 4 rings (SSSR count). The van der Waals surface area contributed by atoms with Gasteiger partial charge in [0.05, 0.1) is 5.52 Å². The number of aromatic hydroxyl groups is 2. The van der Waals surface area contributed by atoms with Gasteiger partial charge in [-0.3, -0.25) is 4.98 Å². The molecule has 2 N–H and O–H groups in total. The standard InChI is InChI=1S/C26H33N3O2/c1-3-20-15-23-22(5-4-6-24(23)27-17-20)19(2)18-29-13-11-28(12-14-29)10-9-21-7-8-25(30)26(31)16-21/h4-8,15-17,19,30-31H,3,9-14,18H2,1-2H3. The molecule has 1 unspecified atom stereocenters. The predicted octanol–water partition coefficient (Wildman–Crippen LogP) is 4.17. The van der Waals surface area contributed by atoms with E-state index in [1.54, 1.807) is 12.1 Å². The highest BCUT2D eigenvalue weighted by Gasteiger charge is 2.20. The van der Waals surface area contributed by atoms with E-state index in [0.29, 0.717) is 5.92 Å². The van der Waals surface area contributed by atoms with Crippen LogP contribution in [0.15, 0.2) is 48.7 Å². The molecule has 31 heavy (non-hydrogen) atoms. The fraction of sp³-hybridized carbons (Fsp3) is 0.423. The lowest BCUT2D eigenvalue weighted by atomic mass is 9.95. The second-order valence-corrected chi connectivity index (χ2v) is 8.73. The van der Waals surface area contributed by atoms with Crippen LogP contribution in [0.25, 0.3) is 10.9 Å². The Balaban J connectivity index is 1.31. The van der Waals surface area contributed by atoms with Gasteiger partial charge in [-0.05, 0) is 59.7 Å². The molecule has 5 nitrogen and oxygen atoms in total. The van der Waals surface area contributed by atoms with E-state index in [9.17, 15) is 10.2 Å². The molecule has 0 saturated carbocycles. The highest BCUT2D eigenvalue weighted by atomic mass is 16.3. The normalized spacial score (nSPS) is 16.6. The summed E-state index contributed by atoms with van der Waals surface area (Å²) in [6.07, 6.45) is 3.89. The third-order valence-corrected chi connectivity index (χ3v) is 6.51. The molecule has 2 aromatic carbocycles. The molecule has 1 fully saturated rings. The first-order valence-electron chi connectivity index (χ1n) is 11.4. The first kappa shape index (κ1) is 21.6. The number of aromatic nitrogens is 1. The summed E-state index contributed by atoms with van der Waals surface area (Å²) in [5, 5.41) is 20.4. The minimum atomic E-state index is -0.0561. The fourth-order valence-corrected chi connectivity index (χ4v) is 4.53. The Morgan fingerprint density at radius 2 is 1.71 bits per heavy atom. The van der Waals surface area contributed by atoms with E-state index in [1.807, 2.05) is 12.3 Å². The number of pyridine rings is 1. The van der Waals surface area contributed by atoms with Gasteiger partial charge in [0.15, 0.2) is 11.5 Å². The number of hydrogen-bond acceptors (Lipinski definition) is 5. The van der Waals surface area contributed by atoms with Gasteiger partial charge in [0.1, 0.15) is 0 Å². The first-order valence-corrected chi connectivity index (χ1v) is 11.4. The zero-order valence-corrected chi connectivity index (χ0v) is 18.6. The summed E-state index contributed by atoms with van der Waals surface area (Å²) in [7, 11) is 0. The van der Waals surface area contributed by atoms with Crippen molar-refractivity contribution in [3.8, 4) is 11.5 Å². The number of nitrogens with zero attached hydrogens (tertiary/aromatic N) is 3. The van der Waals surface area contributed by atoms with Gasteiger partial charge in [-0.25, -0.2) is 0 Å². The van der Waals surface area contributed by atoms with Crippen LogP contribution in [-0.4, -0.2) is 64.3 Å². The van der Waals surface area contributed by atoms with E-state index < -0.39 is 0 Å². The van der Waals surface area contributed by atoms with Crippen LogP contribution >= 0.6 is 0 Å². The monoisotopic (exact) mass is 419 g/mol. The second kappa shape index (κ2) is 9.67. The zero-order valence-electron chi connectivity index (χ0n) is 18.6. The minimum absolute atomic E-state index is 0.0361. The number of fused-ring (bicyclic) bond motifs is 1. The maximum Gasteiger partial charge on any atom is 0.157 e. The summed E-state index contributed by atoms with van der Waals surface area (Å²) in [6, 6.07) is 13.9. The lowest BCUT2D eigenvalue weighted by Crippen LogP contribution is -2.47. The van der Waals surface area contributed by atoms with E-state index in [0.717, 1.165) is 63.2 Å². The largest absolute Gasteiger partial charge is 0.504 e. The number of hydrogen-bond donors (Lipinski definition) is 2. The van der Waals surface area contributed by atoms with Gasteiger partial charge < -0.3 is 20.0 Å². The molecule has 0 bridgehead atoms. The zero-order chi connectivity index (χ0) is 21.8. The molecule has 1 aromatic heterocycles. The van der Waals surface area contributed by atoms with Gasteiger partial charge in [0, 0.05) is 50.9 Å². The molecule has 3 aromatic rings. The van der Waals surface area contributed by atoms with E-state index in [4.69, 9.17) is 0 Å². The van der Waals surface area contributed by atoms with Crippen LogP contribution in [-0.2, 0) is 12.8 Å². The maximum absolute atomic E-state index is 9.67. The molecule has 2 heterocycles. The van der Waals surface area contributed by atoms with Crippen LogP contribution in [0.5, 0.6) is 11.5 Å². The first-order chi connectivity index (χ1) is 15.0. The molecule has 1 atom stereocenters. The van der Waals surface area contributed by atoms with E-state index in [1.165, 1.54) is 16.5 Å². The summed E-state index contributed by atoms with van der Waals surface area (Å²) in [5.74, 6) is 0.370. The van der Waals surface area contributed by atoms with Crippen LogP contribution in [0.3, 0.4) is 0 Å². The van der Waals surface area contributed by atoms with Gasteiger partial charge in [-0.15, -0.1) is 0 Å². The summed E-state index contributed by atoms with van der Waals surface area (Å²) in [5.41, 5.74) is 4.84. The Bertz CT molecular complexity index is 1030. The molecule has 1 saturated heterocycles. The Labute approximate surface area is 185 Å². The predicted molar refractivity (Wildman–Crippen MR) is 126 cm³/mol. The number of phenols is 2. The van der Waals surface area contributed by atoms with Crippen molar-refractivity contribution in [1.29, 1.82) is 0 Å². The van der Waals surface area contributed by atoms with Crippen LogP contribution in [0.1, 0.15) is 36.5 Å². The lowest BCUT2D eigenvalue weighted by Gasteiger charge is -2.36. The molecule has 5 heteroatoms. The summed E-state index contributed by atoms with van der Waals surface area (Å²) in [4.78, 5) is 9.72. The van der Waals surface area contributed by atoms with E-state index >= 15 is 0 Å². The van der Waals surface area contributed by atoms with Gasteiger partial charge in [-0.2, -0.15) is 0 Å². The minimum Gasteiger partial charge on any atom is -0.504 e. The molecular formula is C26H33N3O2. The van der Waals surface area contributed by atoms with Crippen LogP contribution in [0.2, 0.25) is 0 Å². The number of piperazine rings is 1. The van der Waals surface area contributed by atoms with Crippen molar-refractivity contribution in [2.24, 2.45) is 0 Å². The Kier molecular flexibility index (Phi) is 6.73. The second-order valence-electron chi connectivity index (χ2n) is 8.73. The molecule has 0 spiro atoms. The van der Waals surface area contributed by atoms with Crippen LogP contribution < -0.4 is 0 Å². The van der Waals surface area contributed by atoms with E-state index in [-0.39, 0.29) is 11.5 Å². The average Bonchev–Trinajstić information content (AvgIpc) is 2.80. The highest BCUT2D eigenvalue weighted by Crippen LogP contribution is 2.27. The molecule has 1 aliphatic heterocycles. The third kappa shape index (κ3) is 5.17. The van der Waals surface area contributed by atoms with Crippen molar-refractivity contribution >= 4 is 10.9 Å². The summed E-state index contributed by atoms with van der Waals surface area (Å²) in [6.45, 7) is 10.8. The Morgan fingerprint density at radius 3 is 2.45 bits per heavy atom. The van der Waals surface area contributed by atoms with Gasteiger partial charge in [0.2, 0.25) is 0 Å². The number of phenolic OH excluding ortho intramolecular Hbond substituents is 2. The smallest absolute Gasteiger partial charge is 0.157 e. The molecular weight excluding hydrogens is 386 g/mol. The highest BCUT2D eigenvalue weighted by molar-refractivity contribution is 5.83. The number of rotatable bonds is 7. The molecule has 164 valence electrons. The topological polar surface area (TPSA) is 59.8 Å². The Morgan fingerprint density at radius 1 is 0.935 bits per heavy atom. The van der Waals surface area contributed by atoms with Crippen molar-refractivity contribution in [2.75, 3.05) is 39.3 Å². The lowest BCUT2D eigenvalue weighted by molar-refractivity contribution is 0.129. The summed E-state index contributed by atoms with van der Waals surface area (Å²) >= 11 is 0. The van der Waals surface area contributed by atoms with Gasteiger partial charge in [-0.1, -0.05) is 32.0 Å². The molecule has 0 amide bonds. The Hall–Kier alpha value is -2.63. The number of aryl methyl sites for hydroxylation is 1. The molecule has 1 aliphatic rings. The van der Waals surface area contributed by atoms with Crippen molar-refractivity contribution in [3.05, 3.63) is 65.4 Å². The molecule has 0 aliphatic carbocycles. The number of benzene rings is 2. The molecule has 0 radical (unpaired) electrons. The van der Waals surface area contributed by atoms with Crippen LogP contribution in [0.4, 0.5) is 0 Å². The van der Waals surface area contributed by atoms with E-state index in [2.05, 4.69) is 52.9 Å². The van der Waals surface area contributed by atoms with Crippen LogP contribution in [0, 0.1) is 0 Å². The van der Waals surface area contributed by atoms with Gasteiger partial charge in [0.25, 0.3) is 0 Å². The summed E-state index contributed by atoms with van der Waals surface area (Å²) < 4.78 is 0. The van der Waals surface area contributed by atoms with Crippen molar-refractivity contribution < 1.29 is 10.2 Å². The van der Waals surface area contributed by atoms with Gasteiger partial charge >= 0.3 is 0 Å². The fourth-order valence-electron chi connectivity index (χ4n) is 4.53. The third-order valence-electron chi connectivity index (χ3n) is 6.51. The average molecular weight is 420 g/mol. The van der Waals surface area contributed by atoms with Crippen molar-refractivity contribution in [1.82, 2.24) is 14.8 Å².